The monoisotopic (exact) mass is 576 g/mol. The van der Waals surface area contributed by atoms with Crippen molar-refractivity contribution in [3.8, 4) is 17.2 Å². The third-order valence-electron chi connectivity index (χ3n) is 6.96. The average Bonchev–Trinajstić information content (AvgIpc) is 3.60. The van der Waals surface area contributed by atoms with E-state index in [-0.39, 0.29) is 17.4 Å². The summed E-state index contributed by atoms with van der Waals surface area (Å²) in [6.45, 7) is 4.27. The Morgan fingerprint density at radius 3 is 2.75 bits per heavy atom. The molecule has 1 saturated heterocycles. The fourth-order valence-electron chi connectivity index (χ4n) is 5.19. The first-order chi connectivity index (χ1) is 19.3. The Morgan fingerprint density at radius 2 is 1.98 bits per heavy atom. The van der Waals surface area contributed by atoms with Gasteiger partial charge in [-0.1, -0.05) is 29.0 Å². The van der Waals surface area contributed by atoms with Crippen LogP contribution in [0.25, 0.3) is 16.0 Å². The molecule has 0 unspecified atom stereocenters. The minimum atomic E-state index is -0.968. The first-order valence-corrected chi connectivity index (χ1v) is 14.0. The van der Waals surface area contributed by atoms with Crippen molar-refractivity contribution in [1.82, 2.24) is 4.98 Å². The largest absolute Gasteiger partial charge is 0.507 e. The summed E-state index contributed by atoms with van der Waals surface area (Å²) >= 11 is 7.43. The maximum atomic E-state index is 13.6. The number of Topliss-reactive ketones (excluding diaryl/α,β-unsaturated/α-hetero) is 1. The molecule has 2 atom stereocenters. The van der Waals surface area contributed by atoms with Crippen molar-refractivity contribution in [1.29, 1.82) is 0 Å². The number of thiazole rings is 1. The van der Waals surface area contributed by atoms with E-state index in [1.165, 1.54) is 23.3 Å². The van der Waals surface area contributed by atoms with Crippen LogP contribution >= 0.6 is 22.9 Å². The van der Waals surface area contributed by atoms with Crippen LogP contribution in [0.2, 0.25) is 5.02 Å². The van der Waals surface area contributed by atoms with Crippen molar-refractivity contribution in [2.45, 2.75) is 32.4 Å². The number of ketones is 1. The van der Waals surface area contributed by atoms with Crippen LogP contribution in [0.4, 0.5) is 5.13 Å². The predicted octanol–water partition coefficient (Wildman–Crippen LogP) is 6.31. The Bertz CT molecular complexity index is 1710. The van der Waals surface area contributed by atoms with Crippen molar-refractivity contribution in [3.63, 3.8) is 0 Å². The molecule has 8 nitrogen and oxygen atoms in total. The van der Waals surface area contributed by atoms with Gasteiger partial charge in [0.2, 0.25) is 0 Å². The van der Waals surface area contributed by atoms with Crippen LogP contribution in [-0.2, 0) is 16.0 Å². The second-order valence-corrected chi connectivity index (χ2v) is 11.0. The van der Waals surface area contributed by atoms with E-state index in [1.54, 1.807) is 54.6 Å². The molecule has 1 aromatic heterocycles. The minimum absolute atomic E-state index is 0.0156. The van der Waals surface area contributed by atoms with Gasteiger partial charge in [0.25, 0.3) is 5.78 Å². The lowest BCUT2D eigenvalue weighted by Gasteiger charge is -2.24. The van der Waals surface area contributed by atoms with E-state index in [4.69, 9.17) is 25.8 Å². The summed E-state index contributed by atoms with van der Waals surface area (Å²) < 4.78 is 17.8. The molecule has 0 bridgehead atoms. The number of methoxy groups -OCH3 is 1. The van der Waals surface area contributed by atoms with Crippen molar-refractivity contribution < 1.29 is 28.9 Å². The molecule has 0 radical (unpaired) electrons. The summed E-state index contributed by atoms with van der Waals surface area (Å²) in [6, 6.07) is 14.7. The number of nitrogens with zero attached hydrogens (tertiary/aromatic N) is 2. The second-order valence-electron chi connectivity index (χ2n) is 9.58. The standard InChI is InChI=1S/C30H25ClN2O6S/c1-4-38-22-10-5-16(13-23(22)37-3)26-25(27(34)17-6-9-21-18(12-17)11-15(2)39-21)28(35)29(36)33(26)30-32-20-8-7-19(31)14-24(20)40-30/h5-10,12-15,26,34H,4,11H2,1-3H3/t15-,26+/m0/s1. The average molecular weight is 577 g/mol. The molecule has 3 heterocycles. The first kappa shape index (κ1) is 26.2. The van der Waals surface area contributed by atoms with Gasteiger partial charge in [-0.3, -0.25) is 14.5 Å². The topological polar surface area (TPSA) is 98.2 Å². The van der Waals surface area contributed by atoms with Crippen LogP contribution in [-0.4, -0.2) is 41.6 Å². The van der Waals surface area contributed by atoms with E-state index in [9.17, 15) is 14.7 Å². The summed E-state index contributed by atoms with van der Waals surface area (Å²) in [7, 11) is 1.52. The highest BCUT2D eigenvalue weighted by atomic mass is 35.5. The van der Waals surface area contributed by atoms with E-state index in [1.807, 2.05) is 13.8 Å². The van der Waals surface area contributed by atoms with Gasteiger partial charge in [-0.15, -0.1) is 0 Å². The Labute approximate surface area is 239 Å². The number of rotatable bonds is 6. The molecule has 40 heavy (non-hydrogen) atoms. The Balaban J connectivity index is 1.55. The van der Waals surface area contributed by atoms with Crippen LogP contribution in [0.1, 0.15) is 36.6 Å². The number of fused-ring (bicyclic) bond motifs is 2. The van der Waals surface area contributed by atoms with Crippen LogP contribution in [0.15, 0.2) is 60.2 Å². The summed E-state index contributed by atoms with van der Waals surface area (Å²) in [6.07, 6.45) is 0.695. The van der Waals surface area contributed by atoms with Crippen LogP contribution in [0.3, 0.4) is 0 Å². The third kappa shape index (κ3) is 4.35. The predicted molar refractivity (Wildman–Crippen MR) is 154 cm³/mol. The molecule has 6 rings (SSSR count). The molecule has 2 aliphatic heterocycles. The molecule has 0 aliphatic carbocycles. The van der Waals surface area contributed by atoms with Gasteiger partial charge in [0, 0.05) is 17.0 Å². The number of aromatic nitrogens is 1. The number of ether oxygens (including phenoxy) is 3. The highest BCUT2D eigenvalue weighted by Crippen LogP contribution is 2.46. The van der Waals surface area contributed by atoms with Crippen LogP contribution < -0.4 is 19.1 Å². The van der Waals surface area contributed by atoms with Crippen LogP contribution in [0, 0.1) is 0 Å². The lowest BCUT2D eigenvalue weighted by Crippen LogP contribution is -2.29. The van der Waals surface area contributed by atoms with Gasteiger partial charge >= 0.3 is 5.91 Å². The number of benzene rings is 3. The number of aliphatic hydroxyl groups is 1. The fourth-order valence-corrected chi connectivity index (χ4v) is 6.46. The molecular formula is C30H25ClN2O6S. The summed E-state index contributed by atoms with van der Waals surface area (Å²) in [5, 5.41) is 12.4. The zero-order valence-corrected chi connectivity index (χ0v) is 23.5. The lowest BCUT2D eigenvalue weighted by atomic mass is 9.94. The molecule has 1 fully saturated rings. The molecule has 4 aromatic rings. The highest BCUT2D eigenvalue weighted by Gasteiger charge is 2.48. The number of anilines is 1. The maximum Gasteiger partial charge on any atom is 0.301 e. The molecule has 1 amide bonds. The Hall–Kier alpha value is -4.08. The zero-order chi connectivity index (χ0) is 28.1. The number of hydrogen-bond donors (Lipinski definition) is 1. The molecule has 204 valence electrons. The van der Waals surface area contributed by atoms with Crippen molar-refractivity contribution >= 4 is 55.7 Å². The first-order valence-electron chi connectivity index (χ1n) is 12.8. The van der Waals surface area contributed by atoms with Gasteiger partial charge in [-0.25, -0.2) is 4.98 Å². The van der Waals surface area contributed by atoms with E-state index in [0.29, 0.717) is 51.3 Å². The highest BCUT2D eigenvalue weighted by molar-refractivity contribution is 7.22. The van der Waals surface area contributed by atoms with Gasteiger partial charge in [0.15, 0.2) is 16.6 Å². The molecule has 10 heteroatoms. The van der Waals surface area contributed by atoms with E-state index < -0.39 is 17.7 Å². The van der Waals surface area contributed by atoms with Gasteiger partial charge in [0.05, 0.1) is 35.5 Å². The lowest BCUT2D eigenvalue weighted by molar-refractivity contribution is -0.132. The van der Waals surface area contributed by atoms with Crippen molar-refractivity contribution in [2.24, 2.45) is 0 Å². The quantitative estimate of drug-likeness (QED) is 0.163. The normalized spacial score (nSPS) is 19.6. The number of aliphatic hydroxyl groups excluding tert-OH is 1. The van der Waals surface area contributed by atoms with Gasteiger partial charge < -0.3 is 19.3 Å². The van der Waals surface area contributed by atoms with Gasteiger partial charge in [-0.05, 0) is 73.5 Å². The van der Waals surface area contributed by atoms with Gasteiger partial charge in [0.1, 0.15) is 17.6 Å². The summed E-state index contributed by atoms with van der Waals surface area (Å²) in [5.41, 5.74) is 2.50. The summed E-state index contributed by atoms with van der Waals surface area (Å²) in [5.74, 6) is -0.172. The van der Waals surface area contributed by atoms with Crippen LogP contribution in [0.5, 0.6) is 17.2 Å². The van der Waals surface area contributed by atoms with Crippen molar-refractivity contribution in [3.05, 3.63) is 81.9 Å². The second kappa shape index (κ2) is 10.1. The molecule has 2 aliphatic rings. The SMILES string of the molecule is CCOc1ccc([C@@H]2C(=C(O)c3ccc4c(c3)C[C@H](C)O4)C(=O)C(=O)N2c2nc3ccc(Cl)cc3s2)cc1OC. The van der Waals surface area contributed by atoms with E-state index in [2.05, 4.69) is 4.98 Å². The number of carbonyl (C=O) groups is 2. The molecule has 0 spiro atoms. The smallest absolute Gasteiger partial charge is 0.301 e. The molecule has 3 aromatic carbocycles. The summed E-state index contributed by atoms with van der Waals surface area (Å²) in [4.78, 5) is 33.2. The van der Waals surface area contributed by atoms with Crippen molar-refractivity contribution in [2.75, 3.05) is 18.6 Å². The Morgan fingerprint density at radius 1 is 1.15 bits per heavy atom. The van der Waals surface area contributed by atoms with E-state index >= 15 is 0 Å². The number of amides is 1. The van der Waals surface area contributed by atoms with E-state index in [0.717, 1.165) is 16.0 Å². The number of halogens is 1. The number of carbonyl (C=O) groups excluding carboxylic acids is 2. The fraction of sp³-hybridized carbons (Fsp3) is 0.233. The number of hydrogen-bond acceptors (Lipinski definition) is 8. The maximum absolute atomic E-state index is 13.6. The molecule has 0 saturated carbocycles. The minimum Gasteiger partial charge on any atom is -0.507 e. The zero-order valence-electron chi connectivity index (χ0n) is 21.9. The van der Waals surface area contributed by atoms with Gasteiger partial charge in [-0.2, -0.15) is 0 Å². The molecule has 1 N–H and O–H groups in total. The Kier molecular flexibility index (Phi) is 6.64. The third-order valence-corrected chi connectivity index (χ3v) is 8.21. The molecular weight excluding hydrogens is 552 g/mol.